The Morgan fingerprint density at radius 2 is 2.00 bits per heavy atom. The fourth-order valence-corrected chi connectivity index (χ4v) is 3.27. The van der Waals surface area contributed by atoms with Crippen molar-refractivity contribution in [1.82, 2.24) is 0 Å². The quantitative estimate of drug-likeness (QED) is 0.870. The first kappa shape index (κ1) is 12.8. The minimum Gasteiger partial charge on any atom is -0.371 e. The van der Waals surface area contributed by atoms with Gasteiger partial charge in [0.15, 0.2) is 0 Å². The van der Waals surface area contributed by atoms with Gasteiger partial charge in [0, 0.05) is 22.2 Å². The summed E-state index contributed by atoms with van der Waals surface area (Å²) in [5, 5.41) is 4.16. The molecular formula is C13H17NOS2. The van der Waals surface area contributed by atoms with E-state index in [0.29, 0.717) is 0 Å². The minimum atomic E-state index is 0.0231. The van der Waals surface area contributed by atoms with E-state index in [2.05, 4.69) is 29.0 Å². The monoisotopic (exact) mass is 267 g/mol. The molecule has 2 atom stereocenters. The molecule has 2 N–H and O–H groups in total. The Hall–Kier alpha value is -0.680. The van der Waals surface area contributed by atoms with Crippen LogP contribution >= 0.6 is 22.7 Å². The molecule has 0 saturated heterocycles. The SMILES string of the molecule is CC(N)C(OCCc1cccs1)c1cccs1. The smallest absolute Gasteiger partial charge is 0.106 e. The van der Waals surface area contributed by atoms with Gasteiger partial charge in [0.2, 0.25) is 0 Å². The van der Waals surface area contributed by atoms with Gasteiger partial charge in [-0.1, -0.05) is 12.1 Å². The van der Waals surface area contributed by atoms with Gasteiger partial charge in [0.25, 0.3) is 0 Å². The van der Waals surface area contributed by atoms with Crippen LogP contribution in [0.25, 0.3) is 0 Å². The average Bonchev–Trinajstić information content (AvgIpc) is 2.96. The molecule has 0 saturated carbocycles. The van der Waals surface area contributed by atoms with E-state index in [9.17, 15) is 0 Å². The molecule has 0 amide bonds. The summed E-state index contributed by atoms with van der Waals surface area (Å²) in [5.41, 5.74) is 5.97. The highest BCUT2D eigenvalue weighted by Gasteiger charge is 2.17. The lowest BCUT2D eigenvalue weighted by Crippen LogP contribution is -2.26. The van der Waals surface area contributed by atoms with Crippen LogP contribution in [-0.4, -0.2) is 12.6 Å². The number of hydrogen-bond acceptors (Lipinski definition) is 4. The molecule has 0 fully saturated rings. The summed E-state index contributed by atoms with van der Waals surface area (Å²) in [6.45, 7) is 2.72. The first-order chi connectivity index (χ1) is 8.27. The largest absolute Gasteiger partial charge is 0.371 e. The van der Waals surface area contributed by atoms with E-state index in [1.54, 1.807) is 22.7 Å². The standard InChI is InChI=1S/C13H17NOS2/c1-10(14)13(12-5-3-9-17-12)15-7-6-11-4-2-8-16-11/h2-5,8-10,13H,6-7,14H2,1H3. The molecule has 0 aromatic carbocycles. The van der Waals surface area contributed by atoms with E-state index in [4.69, 9.17) is 10.5 Å². The maximum Gasteiger partial charge on any atom is 0.106 e. The molecular weight excluding hydrogens is 250 g/mol. The van der Waals surface area contributed by atoms with Gasteiger partial charge in [0.05, 0.1) is 6.61 Å². The predicted octanol–water partition coefficient (Wildman–Crippen LogP) is 3.46. The Labute approximate surface area is 110 Å². The van der Waals surface area contributed by atoms with Crippen LogP contribution in [0.1, 0.15) is 22.8 Å². The van der Waals surface area contributed by atoms with Gasteiger partial charge >= 0.3 is 0 Å². The molecule has 2 aromatic heterocycles. The minimum absolute atomic E-state index is 0.0231. The zero-order valence-electron chi connectivity index (χ0n) is 9.84. The van der Waals surface area contributed by atoms with E-state index in [1.165, 1.54) is 9.75 Å². The zero-order chi connectivity index (χ0) is 12.1. The van der Waals surface area contributed by atoms with E-state index >= 15 is 0 Å². The van der Waals surface area contributed by atoms with Crippen molar-refractivity contribution in [3.8, 4) is 0 Å². The van der Waals surface area contributed by atoms with Crippen molar-refractivity contribution in [2.24, 2.45) is 5.73 Å². The van der Waals surface area contributed by atoms with Crippen LogP contribution < -0.4 is 5.73 Å². The topological polar surface area (TPSA) is 35.2 Å². The third-order valence-corrected chi connectivity index (χ3v) is 4.40. The summed E-state index contributed by atoms with van der Waals surface area (Å²) in [6.07, 6.45) is 0.988. The van der Waals surface area contributed by atoms with Crippen molar-refractivity contribution >= 4 is 22.7 Å². The highest BCUT2D eigenvalue weighted by atomic mass is 32.1. The van der Waals surface area contributed by atoms with Crippen LogP contribution in [0, 0.1) is 0 Å². The molecule has 2 aromatic rings. The predicted molar refractivity (Wildman–Crippen MR) is 74.7 cm³/mol. The highest BCUT2D eigenvalue weighted by molar-refractivity contribution is 7.10. The van der Waals surface area contributed by atoms with Gasteiger partial charge in [-0.25, -0.2) is 0 Å². The third kappa shape index (κ3) is 3.64. The van der Waals surface area contributed by atoms with E-state index < -0.39 is 0 Å². The van der Waals surface area contributed by atoms with E-state index in [-0.39, 0.29) is 12.1 Å². The second kappa shape index (κ2) is 6.31. The number of thiophene rings is 2. The summed E-state index contributed by atoms with van der Waals surface area (Å²) < 4.78 is 5.91. The van der Waals surface area contributed by atoms with E-state index in [1.807, 2.05) is 13.0 Å². The van der Waals surface area contributed by atoms with Crippen molar-refractivity contribution in [2.75, 3.05) is 6.61 Å². The number of nitrogens with two attached hydrogens (primary N) is 1. The lowest BCUT2D eigenvalue weighted by atomic mass is 10.1. The second-order valence-electron chi connectivity index (χ2n) is 4.00. The Kier molecular flexibility index (Phi) is 4.74. The van der Waals surface area contributed by atoms with Crippen molar-refractivity contribution in [3.63, 3.8) is 0 Å². The molecule has 0 bridgehead atoms. The summed E-state index contributed by atoms with van der Waals surface area (Å²) >= 11 is 3.48. The molecule has 2 heterocycles. The molecule has 2 nitrogen and oxygen atoms in total. The molecule has 92 valence electrons. The molecule has 0 radical (unpaired) electrons. The molecule has 0 spiro atoms. The Bertz CT molecular complexity index is 409. The second-order valence-corrected chi connectivity index (χ2v) is 6.01. The molecule has 2 rings (SSSR count). The Morgan fingerprint density at radius 1 is 1.24 bits per heavy atom. The Morgan fingerprint density at radius 3 is 2.59 bits per heavy atom. The van der Waals surface area contributed by atoms with Gasteiger partial charge in [-0.2, -0.15) is 0 Å². The summed E-state index contributed by atoms with van der Waals surface area (Å²) in [7, 11) is 0. The van der Waals surface area contributed by atoms with Gasteiger partial charge in [-0.15, -0.1) is 22.7 Å². The number of rotatable bonds is 6. The lowest BCUT2D eigenvalue weighted by molar-refractivity contribution is 0.0431. The van der Waals surface area contributed by atoms with E-state index in [0.717, 1.165) is 13.0 Å². The van der Waals surface area contributed by atoms with Crippen LogP contribution in [-0.2, 0) is 11.2 Å². The summed E-state index contributed by atoms with van der Waals surface area (Å²) in [5.74, 6) is 0. The van der Waals surface area contributed by atoms with Crippen LogP contribution in [0.15, 0.2) is 35.0 Å². The fraction of sp³-hybridized carbons (Fsp3) is 0.385. The molecule has 17 heavy (non-hydrogen) atoms. The molecule has 0 aliphatic heterocycles. The van der Waals surface area contributed by atoms with Crippen LogP contribution in [0.3, 0.4) is 0 Å². The van der Waals surface area contributed by atoms with Crippen molar-refractivity contribution in [3.05, 3.63) is 44.8 Å². The molecule has 0 aliphatic rings. The first-order valence-electron chi connectivity index (χ1n) is 5.70. The maximum atomic E-state index is 5.97. The summed E-state index contributed by atoms with van der Waals surface area (Å²) in [4.78, 5) is 2.57. The van der Waals surface area contributed by atoms with Crippen molar-refractivity contribution < 1.29 is 4.74 Å². The van der Waals surface area contributed by atoms with Crippen molar-refractivity contribution in [2.45, 2.75) is 25.5 Å². The zero-order valence-corrected chi connectivity index (χ0v) is 11.5. The normalized spacial score (nSPS) is 14.7. The highest BCUT2D eigenvalue weighted by Crippen LogP contribution is 2.25. The first-order valence-corrected chi connectivity index (χ1v) is 7.46. The van der Waals surface area contributed by atoms with Gasteiger partial charge in [-0.05, 0) is 29.8 Å². The van der Waals surface area contributed by atoms with Gasteiger partial charge in [-0.3, -0.25) is 0 Å². The molecule has 2 unspecified atom stereocenters. The van der Waals surface area contributed by atoms with Crippen LogP contribution in [0.4, 0.5) is 0 Å². The third-order valence-electron chi connectivity index (χ3n) is 2.53. The molecule has 0 aliphatic carbocycles. The van der Waals surface area contributed by atoms with Crippen LogP contribution in [0.5, 0.6) is 0 Å². The lowest BCUT2D eigenvalue weighted by Gasteiger charge is -2.20. The molecule has 4 heteroatoms. The summed E-state index contributed by atoms with van der Waals surface area (Å²) in [6, 6.07) is 8.36. The van der Waals surface area contributed by atoms with Gasteiger partial charge in [0.1, 0.15) is 6.10 Å². The average molecular weight is 267 g/mol. The van der Waals surface area contributed by atoms with Gasteiger partial charge < -0.3 is 10.5 Å². The van der Waals surface area contributed by atoms with Crippen LogP contribution in [0.2, 0.25) is 0 Å². The number of ether oxygens (including phenoxy) is 1. The number of hydrogen-bond donors (Lipinski definition) is 1. The van der Waals surface area contributed by atoms with Crippen molar-refractivity contribution in [1.29, 1.82) is 0 Å². The Balaban J connectivity index is 1.86. The fourth-order valence-electron chi connectivity index (χ4n) is 1.69. The maximum absolute atomic E-state index is 5.97.